The quantitative estimate of drug-likeness (QED) is 0.892. The lowest BCUT2D eigenvalue weighted by atomic mass is 10.1. The minimum absolute atomic E-state index is 0.240. The molecule has 2 aromatic rings. The summed E-state index contributed by atoms with van der Waals surface area (Å²) in [5, 5.41) is 7.42. The Kier molecular flexibility index (Phi) is 4.45. The summed E-state index contributed by atoms with van der Waals surface area (Å²) >= 11 is 0. The summed E-state index contributed by atoms with van der Waals surface area (Å²) in [4.78, 5) is 11.8. The SMILES string of the molecule is CC(C)(C)OC(=O)Nc1cc(F)c2c(cnn2C2CCCCO2)c1. The number of carbonyl (C=O) groups excluding carboxylic acids is 1. The fraction of sp³-hybridized carbons (Fsp3) is 0.529. The smallest absolute Gasteiger partial charge is 0.412 e. The van der Waals surface area contributed by atoms with Crippen LogP contribution < -0.4 is 5.32 Å². The van der Waals surface area contributed by atoms with Crippen LogP contribution in [0.3, 0.4) is 0 Å². The van der Waals surface area contributed by atoms with Crippen LogP contribution in [-0.4, -0.2) is 28.1 Å². The Morgan fingerprint density at radius 1 is 1.42 bits per heavy atom. The molecule has 0 aliphatic carbocycles. The molecule has 130 valence electrons. The van der Waals surface area contributed by atoms with Gasteiger partial charge in [0, 0.05) is 17.7 Å². The molecule has 6 nitrogen and oxygen atoms in total. The molecule has 1 fully saturated rings. The first-order valence-electron chi connectivity index (χ1n) is 8.12. The predicted molar refractivity (Wildman–Crippen MR) is 88.4 cm³/mol. The molecule has 1 aliphatic rings. The van der Waals surface area contributed by atoms with Crippen molar-refractivity contribution in [3.63, 3.8) is 0 Å². The summed E-state index contributed by atoms with van der Waals surface area (Å²) < 4.78 is 27.0. The molecule has 1 atom stereocenters. The molecule has 3 rings (SSSR count). The van der Waals surface area contributed by atoms with Gasteiger partial charge in [0.05, 0.1) is 6.20 Å². The van der Waals surface area contributed by atoms with Crippen LogP contribution in [0.2, 0.25) is 0 Å². The number of benzene rings is 1. The zero-order valence-electron chi connectivity index (χ0n) is 14.1. The van der Waals surface area contributed by atoms with Crippen molar-refractivity contribution in [1.29, 1.82) is 0 Å². The van der Waals surface area contributed by atoms with Gasteiger partial charge in [-0.3, -0.25) is 5.32 Å². The molecule has 2 heterocycles. The Morgan fingerprint density at radius 3 is 2.88 bits per heavy atom. The predicted octanol–water partition coefficient (Wildman–Crippen LogP) is 4.22. The molecular weight excluding hydrogens is 313 g/mol. The molecule has 1 aromatic heterocycles. The molecule has 24 heavy (non-hydrogen) atoms. The van der Waals surface area contributed by atoms with Crippen LogP contribution in [0.5, 0.6) is 0 Å². The standard InChI is InChI=1S/C17H22FN3O3/c1-17(2,3)24-16(22)20-12-8-11-10-19-21(15(11)13(18)9-12)14-6-4-5-7-23-14/h8-10,14H,4-7H2,1-3H3,(H,20,22). The number of halogens is 1. The first-order chi connectivity index (χ1) is 11.3. The number of hydrogen-bond acceptors (Lipinski definition) is 4. The lowest BCUT2D eigenvalue weighted by Crippen LogP contribution is -2.27. The number of hydrogen-bond donors (Lipinski definition) is 1. The Labute approximate surface area is 139 Å². The van der Waals surface area contributed by atoms with Crippen LogP contribution in [0.1, 0.15) is 46.3 Å². The molecule has 0 spiro atoms. The second-order valence-corrected chi connectivity index (χ2v) is 6.93. The van der Waals surface area contributed by atoms with Crippen LogP contribution >= 0.6 is 0 Å². The molecule has 1 aliphatic heterocycles. The average molecular weight is 335 g/mol. The van der Waals surface area contributed by atoms with E-state index in [0.29, 0.717) is 23.2 Å². The van der Waals surface area contributed by atoms with E-state index < -0.39 is 17.5 Å². The molecule has 7 heteroatoms. The van der Waals surface area contributed by atoms with Gasteiger partial charge in [-0.2, -0.15) is 5.10 Å². The number of fused-ring (bicyclic) bond motifs is 1. The Balaban J connectivity index is 1.85. The van der Waals surface area contributed by atoms with E-state index in [4.69, 9.17) is 9.47 Å². The van der Waals surface area contributed by atoms with Crippen molar-refractivity contribution in [2.45, 2.75) is 51.9 Å². The van der Waals surface area contributed by atoms with E-state index in [9.17, 15) is 9.18 Å². The highest BCUT2D eigenvalue weighted by atomic mass is 19.1. The Bertz CT molecular complexity index is 745. The van der Waals surface area contributed by atoms with Crippen molar-refractivity contribution < 1.29 is 18.7 Å². The fourth-order valence-corrected chi connectivity index (χ4v) is 2.77. The van der Waals surface area contributed by atoms with Crippen LogP contribution in [0.15, 0.2) is 18.3 Å². The average Bonchev–Trinajstić information content (AvgIpc) is 2.90. The van der Waals surface area contributed by atoms with Crippen molar-refractivity contribution in [2.75, 3.05) is 11.9 Å². The monoisotopic (exact) mass is 335 g/mol. The van der Waals surface area contributed by atoms with Crippen molar-refractivity contribution >= 4 is 22.7 Å². The van der Waals surface area contributed by atoms with E-state index in [0.717, 1.165) is 19.3 Å². The molecule has 1 unspecified atom stereocenters. The molecule has 0 radical (unpaired) electrons. The number of nitrogens with one attached hydrogen (secondary N) is 1. The first kappa shape index (κ1) is 16.7. The number of rotatable bonds is 2. The topological polar surface area (TPSA) is 65.4 Å². The summed E-state index contributed by atoms with van der Waals surface area (Å²) in [5.41, 5.74) is 0.102. The summed E-state index contributed by atoms with van der Waals surface area (Å²) in [6.45, 7) is 5.96. The number of ether oxygens (including phenoxy) is 2. The van der Waals surface area contributed by atoms with Gasteiger partial charge in [0.2, 0.25) is 0 Å². The summed E-state index contributed by atoms with van der Waals surface area (Å²) in [5.74, 6) is -0.453. The third-order valence-electron chi connectivity index (χ3n) is 3.72. The normalized spacial score (nSPS) is 18.6. The maximum Gasteiger partial charge on any atom is 0.412 e. The van der Waals surface area contributed by atoms with E-state index in [1.807, 2.05) is 0 Å². The zero-order valence-corrected chi connectivity index (χ0v) is 14.1. The Morgan fingerprint density at radius 2 is 2.21 bits per heavy atom. The van der Waals surface area contributed by atoms with Gasteiger partial charge < -0.3 is 9.47 Å². The van der Waals surface area contributed by atoms with Gasteiger partial charge in [0.25, 0.3) is 0 Å². The molecule has 1 amide bonds. The van der Waals surface area contributed by atoms with Crippen molar-refractivity contribution in [1.82, 2.24) is 9.78 Å². The van der Waals surface area contributed by atoms with Crippen LogP contribution in [0.4, 0.5) is 14.9 Å². The number of amides is 1. The van der Waals surface area contributed by atoms with Crippen LogP contribution in [0, 0.1) is 5.82 Å². The number of anilines is 1. The third-order valence-corrected chi connectivity index (χ3v) is 3.72. The molecular formula is C17H22FN3O3. The van der Waals surface area contributed by atoms with Crippen LogP contribution in [-0.2, 0) is 9.47 Å². The van der Waals surface area contributed by atoms with E-state index >= 15 is 0 Å². The number of aromatic nitrogens is 2. The molecule has 1 N–H and O–H groups in total. The van der Waals surface area contributed by atoms with Gasteiger partial charge in [-0.25, -0.2) is 13.9 Å². The van der Waals surface area contributed by atoms with Gasteiger partial charge in [-0.15, -0.1) is 0 Å². The van der Waals surface area contributed by atoms with Gasteiger partial charge in [-0.05, 0) is 52.2 Å². The maximum absolute atomic E-state index is 14.6. The maximum atomic E-state index is 14.6. The summed E-state index contributed by atoms with van der Waals surface area (Å²) in [6, 6.07) is 2.95. The van der Waals surface area contributed by atoms with Gasteiger partial charge in [0.1, 0.15) is 11.1 Å². The van der Waals surface area contributed by atoms with E-state index in [1.54, 1.807) is 37.7 Å². The number of carbonyl (C=O) groups is 1. The molecule has 1 saturated heterocycles. The van der Waals surface area contributed by atoms with Gasteiger partial charge in [0.15, 0.2) is 12.0 Å². The van der Waals surface area contributed by atoms with E-state index in [1.165, 1.54) is 6.07 Å². The van der Waals surface area contributed by atoms with E-state index in [-0.39, 0.29) is 6.23 Å². The Hall–Kier alpha value is -2.15. The van der Waals surface area contributed by atoms with Crippen LogP contribution in [0.25, 0.3) is 10.9 Å². The first-order valence-corrected chi connectivity index (χ1v) is 8.12. The van der Waals surface area contributed by atoms with Gasteiger partial charge in [-0.1, -0.05) is 0 Å². The zero-order chi connectivity index (χ0) is 17.3. The second-order valence-electron chi connectivity index (χ2n) is 6.93. The highest BCUT2D eigenvalue weighted by Crippen LogP contribution is 2.29. The summed E-state index contributed by atoms with van der Waals surface area (Å²) in [6.07, 6.45) is 3.58. The highest BCUT2D eigenvalue weighted by molar-refractivity contribution is 5.90. The third kappa shape index (κ3) is 3.67. The highest BCUT2D eigenvalue weighted by Gasteiger charge is 2.22. The van der Waals surface area contributed by atoms with Crippen molar-refractivity contribution in [3.05, 3.63) is 24.1 Å². The molecule has 1 aromatic carbocycles. The lowest BCUT2D eigenvalue weighted by Gasteiger charge is -2.23. The molecule has 0 bridgehead atoms. The minimum Gasteiger partial charge on any atom is -0.444 e. The number of nitrogens with zero attached hydrogens (tertiary/aromatic N) is 2. The fourth-order valence-electron chi connectivity index (χ4n) is 2.77. The van der Waals surface area contributed by atoms with Crippen molar-refractivity contribution in [2.24, 2.45) is 0 Å². The summed E-state index contributed by atoms with van der Waals surface area (Å²) in [7, 11) is 0. The largest absolute Gasteiger partial charge is 0.444 e. The van der Waals surface area contributed by atoms with E-state index in [2.05, 4.69) is 10.4 Å². The molecule has 0 saturated carbocycles. The minimum atomic E-state index is -0.621. The van der Waals surface area contributed by atoms with Gasteiger partial charge >= 0.3 is 6.09 Å². The van der Waals surface area contributed by atoms with Crippen molar-refractivity contribution in [3.8, 4) is 0 Å². The lowest BCUT2D eigenvalue weighted by molar-refractivity contribution is -0.0369. The second kappa shape index (κ2) is 6.39.